The summed E-state index contributed by atoms with van der Waals surface area (Å²) in [6.45, 7) is 3.60. The average Bonchev–Trinajstić information content (AvgIpc) is 2.95. The van der Waals surface area contributed by atoms with Gasteiger partial charge in [0.05, 0.1) is 17.5 Å². The second-order valence-electron chi connectivity index (χ2n) is 5.51. The maximum Gasteiger partial charge on any atom is 0.262 e. The first-order valence-electron chi connectivity index (χ1n) is 7.50. The van der Waals surface area contributed by atoms with Crippen LogP contribution in [-0.4, -0.2) is 27.7 Å². The Morgan fingerprint density at radius 2 is 1.88 bits per heavy atom. The van der Waals surface area contributed by atoms with Crippen LogP contribution in [0.5, 0.6) is 0 Å². The summed E-state index contributed by atoms with van der Waals surface area (Å²) in [5.41, 5.74) is 2.12. The van der Waals surface area contributed by atoms with Crippen LogP contribution in [0.25, 0.3) is 5.69 Å². The van der Waals surface area contributed by atoms with Crippen molar-refractivity contribution in [2.75, 3.05) is 11.9 Å². The van der Waals surface area contributed by atoms with E-state index in [9.17, 15) is 9.18 Å². The van der Waals surface area contributed by atoms with Crippen LogP contribution in [0.1, 0.15) is 21.7 Å². The molecule has 0 aliphatic carbocycles. The molecule has 122 valence electrons. The lowest BCUT2D eigenvalue weighted by Crippen LogP contribution is -2.27. The molecule has 0 fully saturated rings. The smallest absolute Gasteiger partial charge is 0.262 e. The summed E-state index contributed by atoms with van der Waals surface area (Å²) < 4.78 is 15.4. The minimum atomic E-state index is -0.392. The van der Waals surface area contributed by atoms with Crippen LogP contribution in [0.4, 0.5) is 10.2 Å². The monoisotopic (exact) mass is 324 g/mol. The number of hydrogen-bond donors (Lipinski definition) is 0. The molecular weight excluding hydrogens is 307 g/mol. The molecule has 3 rings (SSSR count). The van der Waals surface area contributed by atoms with Gasteiger partial charge in [-0.2, -0.15) is 5.10 Å². The predicted molar refractivity (Wildman–Crippen MR) is 90.0 cm³/mol. The van der Waals surface area contributed by atoms with Crippen LogP contribution in [0.2, 0.25) is 0 Å². The van der Waals surface area contributed by atoms with E-state index in [0.717, 1.165) is 5.69 Å². The fourth-order valence-corrected chi connectivity index (χ4v) is 2.49. The van der Waals surface area contributed by atoms with Gasteiger partial charge in [-0.15, -0.1) is 0 Å². The van der Waals surface area contributed by atoms with Crippen LogP contribution < -0.4 is 4.90 Å². The number of para-hydroxylation sites is 1. The van der Waals surface area contributed by atoms with Crippen molar-refractivity contribution in [3.8, 4) is 5.69 Å². The molecule has 2 heterocycles. The molecule has 1 amide bonds. The number of halogens is 1. The Kier molecular flexibility index (Phi) is 4.12. The molecule has 2 aromatic heterocycles. The first kappa shape index (κ1) is 15.9. The maximum absolute atomic E-state index is 14.0. The topological polar surface area (TPSA) is 51.0 Å². The van der Waals surface area contributed by atoms with Crippen LogP contribution in [0, 0.1) is 19.7 Å². The molecule has 0 saturated heterocycles. The Bertz CT molecular complexity index is 904. The van der Waals surface area contributed by atoms with E-state index in [2.05, 4.69) is 10.1 Å². The van der Waals surface area contributed by atoms with E-state index < -0.39 is 5.82 Å². The highest BCUT2D eigenvalue weighted by molar-refractivity contribution is 6.05. The minimum Gasteiger partial charge on any atom is -0.296 e. The van der Waals surface area contributed by atoms with Gasteiger partial charge in [-0.3, -0.25) is 9.69 Å². The highest BCUT2D eigenvalue weighted by Gasteiger charge is 2.21. The van der Waals surface area contributed by atoms with Crippen molar-refractivity contribution < 1.29 is 9.18 Å². The van der Waals surface area contributed by atoms with E-state index in [-0.39, 0.29) is 5.91 Å². The fourth-order valence-electron chi connectivity index (χ4n) is 2.49. The first-order valence-corrected chi connectivity index (χ1v) is 7.50. The number of aryl methyl sites for hydroxylation is 1. The lowest BCUT2D eigenvalue weighted by atomic mass is 10.2. The zero-order valence-corrected chi connectivity index (χ0v) is 13.7. The molecule has 0 aliphatic heterocycles. The lowest BCUT2D eigenvalue weighted by molar-refractivity contribution is 0.0991. The van der Waals surface area contributed by atoms with Crippen molar-refractivity contribution in [3.63, 3.8) is 0 Å². The van der Waals surface area contributed by atoms with Crippen molar-refractivity contribution in [1.82, 2.24) is 14.8 Å². The molecule has 24 heavy (non-hydrogen) atoms. The van der Waals surface area contributed by atoms with Crippen molar-refractivity contribution in [2.45, 2.75) is 13.8 Å². The number of carbonyl (C=O) groups excluding carboxylic acids is 1. The molecule has 3 aromatic rings. The number of rotatable bonds is 3. The summed E-state index contributed by atoms with van der Waals surface area (Å²) >= 11 is 0. The van der Waals surface area contributed by atoms with Crippen molar-refractivity contribution in [2.24, 2.45) is 0 Å². The number of amides is 1. The molecule has 0 bridgehead atoms. The molecule has 0 unspecified atom stereocenters. The Labute approximate surface area is 139 Å². The van der Waals surface area contributed by atoms with Gasteiger partial charge >= 0.3 is 0 Å². The third kappa shape index (κ3) is 2.78. The van der Waals surface area contributed by atoms with Gasteiger partial charge in [0, 0.05) is 12.7 Å². The van der Waals surface area contributed by atoms with E-state index in [1.54, 1.807) is 38.2 Å². The molecule has 5 nitrogen and oxygen atoms in total. The number of pyridine rings is 1. The van der Waals surface area contributed by atoms with Crippen LogP contribution in [0.15, 0.2) is 48.7 Å². The van der Waals surface area contributed by atoms with Gasteiger partial charge in [-0.25, -0.2) is 14.1 Å². The third-order valence-corrected chi connectivity index (χ3v) is 3.84. The predicted octanol–water partition coefficient (Wildman–Crippen LogP) is 3.30. The summed E-state index contributed by atoms with van der Waals surface area (Å²) in [5, 5.41) is 4.17. The summed E-state index contributed by atoms with van der Waals surface area (Å²) in [6.07, 6.45) is 1.45. The molecule has 0 N–H and O–H groups in total. The summed E-state index contributed by atoms with van der Waals surface area (Å²) in [6, 6.07) is 11.8. The molecule has 0 saturated carbocycles. The number of aromatic nitrogens is 3. The standard InChI is InChI=1S/C18H17FN4O/c1-12-7-6-10-17(21-12)22(3)18(24)14-11-20-23(13(14)2)16-9-5-4-8-15(16)19/h4-11H,1-3H3. The maximum atomic E-state index is 14.0. The molecule has 1 aromatic carbocycles. The summed E-state index contributed by atoms with van der Waals surface area (Å²) in [4.78, 5) is 18.6. The number of hydrogen-bond acceptors (Lipinski definition) is 3. The first-order chi connectivity index (χ1) is 11.5. The van der Waals surface area contributed by atoms with Gasteiger partial charge in [0.2, 0.25) is 0 Å². The second kappa shape index (κ2) is 6.23. The van der Waals surface area contributed by atoms with Crippen molar-refractivity contribution in [3.05, 3.63) is 71.4 Å². The number of nitrogens with zero attached hydrogens (tertiary/aromatic N) is 4. The normalized spacial score (nSPS) is 10.7. The Morgan fingerprint density at radius 3 is 2.58 bits per heavy atom. The van der Waals surface area contributed by atoms with Gasteiger partial charge in [0.15, 0.2) is 0 Å². The summed E-state index contributed by atoms with van der Waals surface area (Å²) in [5.74, 6) is -0.0809. The van der Waals surface area contributed by atoms with Crippen LogP contribution >= 0.6 is 0 Å². The number of carbonyl (C=O) groups is 1. The van der Waals surface area contributed by atoms with E-state index in [1.165, 1.54) is 21.8 Å². The van der Waals surface area contributed by atoms with Crippen molar-refractivity contribution in [1.29, 1.82) is 0 Å². The molecule has 0 atom stereocenters. The molecule has 0 radical (unpaired) electrons. The largest absolute Gasteiger partial charge is 0.296 e. The van der Waals surface area contributed by atoms with Gasteiger partial charge in [0.1, 0.15) is 17.3 Å². The third-order valence-electron chi connectivity index (χ3n) is 3.84. The summed E-state index contributed by atoms with van der Waals surface area (Å²) in [7, 11) is 1.66. The SMILES string of the molecule is Cc1cccc(N(C)C(=O)c2cnn(-c3ccccc3F)c2C)n1. The Balaban J connectivity index is 1.96. The zero-order chi connectivity index (χ0) is 17.3. The molecular formula is C18H17FN4O. The zero-order valence-electron chi connectivity index (χ0n) is 13.7. The highest BCUT2D eigenvalue weighted by atomic mass is 19.1. The molecule has 6 heteroatoms. The quantitative estimate of drug-likeness (QED) is 0.743. The molecule has 0 spiro atoms. The lowest BCUT2D eigenvalue weighted by Gasteiger charge is -2.16. The van der Waals surface area contributed by atoms with Crippen molar-refractivity contribution >= 4 is 11.7 Å². The van der Waals surface area contributed by atoms with Gasteiger partial charge < -0.3 is 0 Å². The Morgan fingerprint density at radius 1 is 1.12 bits per heavy atom. The van der Waals surface area contributed by atoms with E-state index in [0.29, 0.717) is 22.8 Å². The Hall–Kier alpha value is -3.02. The number of benzene rings is 1. The fraction of sp³-hybridized carbons (Fsp3) is 0.167. The van der Waals surface area contributed by atoms with Crippen LogP contribution in [0.3, 0.4) is 0 Å². The second-order valence-corrected chi connectivity index (χ2v) is 5.51. The minimum absolute atomic E-state index is 0.242. The van der Waals surface area contributed by atoms with Gasteiger partial charge in [0.25, 0.3) is 5.91 Å². The van der Waals surface area contributed by atoms with Gasteiger partial charge in [-0.1, -0.05) is 18.2 Å². The average molecular weight is 324 g/mol. The van der Waals surface area contributed by atoms with E-state index in [1.807, 2.05) is 19.1 Å². The molecule has 0 aliphatic rings. The highest BCUT2D eigenvalue weighted by Crippen LogP contribution is 2.20. The number of anilines is 1. The van der Waals surface area contributed by atoms with E-state index in [4.69, 9.17) is 0 Å². The van der Waals surface area contributed by atoms with Gasteiger partial charge in [-0.05, 0) is 38.1 Å². The van der Waals surface area contributed by atoms with Crippen LogP contribution in [-0.2, 0) is 0 Å². The van der Waals surface area contributed by atoms with E-state index >= 15 is 0 Å².